The lowest BCUT2D eigenvalue weighted by Gasteiger charge is -2.17. The first kappa shape index (κ1) is 19.2. The van der Waals surface area contributed by atoms with Crippen LogP contribution in [0.25, 0.3) is 0 Å². The molecule has 2 aromatic carbocycles. The molecular formula is C21H22N2O3S2. The number of rotatable bonds is 6. The molecule has 4 rings (SSSR count). The van der Waals surface area contributed by atoms with Gasteiger partial charge in [0.2, 0.25) is 5.89 Å². The Balaban J connectivity index is 1.55. The van der Waals surface area contributed by atoms with E-state index in [9.17, 15) is 8.42 Å². The van der Waals surface area contributed by atoms with E-state index < -0.39 is 9.84 Å². The van der Waals surface area contributed by atoms with Gasteiger partial charge in [-0.2, -0.15) is 0 Å². The van der Waals surface area contributed by atoms with Crippen LogP contribution >= 0.6 is 11.8 Å². The van der Waals surface area contributed by atoms with E-state index in [1.807, 2.05) is 30.3 Å². The van der Waals surface area contributed by atoms with Gasteiger partial charge < -0.3 is 4.42 Å². The van der Waals surface area contributed by atoms with Gasteiger partial charge in [-0.3, -0.25) is 0 Å². The molecule has 0 saturated carbocycles. The summed E-state index contributed by atoms with van der Waals surface area (Å²) < 4.78 is 29.2. The summed E-state index contributed by atoms with van der Waals surface area (Å²) >= 11 is 1.53. The summed E-state index contributed by atoms with van der Waals surface area (Å²) in [5.74, 6) is 1.07. The van der Waals surface area contributed by atoms with Crippen molar-refractivity contribution in [3.63, 3.8) is 0 Å². The predicted molar refractivity (Wildman–Crippen MR) is 110 cm³/mol. The molecule has 0 spiro atoms. The lowest BCUT2D eigenvalue weighted by Crippen LogP contribution is -2.07. The molecule has 0 bridgehead atoms. The lowest BCUT2D eigenvalue weighted by atomic mass is 10.0. The summed E-state index contributed by atoms with van der Waals surface area (Å²) in [7, 11) is -2.90. The largest absolute Gasteiger partial charge is 0.416 e. The van der Waals surface area contributed by atoms with Crippen molar-refractivity contribution in [2.75, 3.05) is 11.5 Å². The first-order chi connectivity index (χ1) is 13.5. The Morgan fingerprint density at radius 2 is 1.86 bits per heavy atom. The van der Waals surface area contributed by atoms with Crippen LogP contribution in [0.15, 0.2) is 64.2 Å². The van der Waals surface area contributed by atoms with Crippen LogP contribution in [0.3, 0.4) is 0 Å². The fourth-order valence-electron chi connectivity index (χ4n) is 3.57. The van der Waals surface area contributed by atoms with Crippen LogP contribution in [0.1, 0.15) is 34.3 Å². The van der Waals surface area contributed by atoms with E-state index >= 15 is 0 Å². The van der Waals surface area contributed by atoms with E-state index in [0.717, 1.165) is 0 Å². The second-order valence-corrected chi connectivity index (χ2v) is 10.5. The highest BCUT2D eigenvalue weighted by Crippen LogP contribution is 2.41. The Kier molecular flexibility index (Phi) is 5.55. The molecule has 2 heterocycles. The second-order valence-electron chi connectivity index (χ2n) is 7.20. The number of hydrogen-bond acceptors (Lipinski definition) is 6. The van der Waals surface area contributed by atoms with Gasteiger partial charge >= 0.3 is 0 Å². The molecule has 0 amide bonds. The number of aromatic nitrogens is 2. The summed E-state index contributed by atoms with van der Waals surface area (Å²) in [5.41, 5.74) is 3.59. The van der Waals surface area contributed by atoms with Crippen molar-refractivity contribution in [3.05, 3.63) is 77.2 Å². The highest BCUT2D eigenvalue weighted by Gasteiger charge is 2.29. The number of benzene rings is 2. The average Bonchev–Trinajstić information content (AvgIpc) is 3.27. The van der Waals surface area contributed by atoms with E-state index in [-0.39, 0.29) is 22.7 Å². The molecule has 7 heteroatoms. The molecule has 1 aliphatic rings. The molecule has 1 saturated heterocycles. The van der Waals surface area contributed by atoms with E-state index in [0.29, 0.717) is 24.0 Å². The molecule has 2 unspecified atom stereocenters. The monoisotopic (exact) mass is 414 g/mol. The third kappa shape index (κ3) is 4.47. The van der Waals surface area contributed by atoms with E-state index in [1.54, 1.807) is 0 Å². The smallest absolute Gasteiger partial charge is 0.277 e. The number of sulfone groups is 1. The molecule has 1 fully saturated rings. The Hall–Kier alpha value is -2.12. The Morgan fingerprint density at radius 3 is 2.57 bits per heavy atom. The summed E-state index contributed by atoms with van der Waals surface area (Å²) in [6.45, 7) is 2.10. The molecule has 2 atom stereocenters. The standard InChI is InChI=1S/C21H22N2O3S2/c1-15-7-5-6-10-18(15)20(17-8-3-2-4-9-17)27-21-23-22-19(26-21)13-16-11-12-28(24,25)14-16/h2-10,16,20H,11-14H2,1H3. The first-order valence-electron chi connectivity index (χ1n) is 9.30. The van der Waals surface area contributed by atoms with Crippen LogP contribution in [0.5, 0.6) is 0 Å². The van der Waals surface area contributed by atoms with Crippen molar-refractivity contribution in [3.8, 4) is 0 Å². The molecule has 1 aliphatic heterocycles. The Morgan fingerprint density at radius 1 is 1.11 bits per heavy atom. The summed E-state index contributed by atoms with van der Waals surface area (Å²) in [4.78, 5) is 0. The zero-order valence-corrected chi connectivity index (χ0v) is 17.2. The van der Waals surface area contributed by atoms with Crippen LogP contribution in [-0.4, -0.2) is 30.1 Å². The lowest BCUT2D eigenvalue weighted by molar-refractivity contribution is 0.389. The van der Waals surface area contributed by atoms with Crippen LogP contribution in [0, 0.1) is 12.8 Å². The summed E-state index contributed by atoms with van der Waals surface area (Å²) in [6.07, 6.45) is 1.19. The van der Waals surface area contributed by atoms with Gasteiger partial charge in [0.05, 0.1) is 16.8 Å². The van der Waals surface area contributed by atoms with Gasteiger partial charge in [0.25, 0.3) is 5.22 Å². The van der Waals surface area contributed by atoms with E-state index in [2.05, 4.69) is 41.4 Å². The van der Waals surface area contributed by atoms with Crippen molar-refractivity contribution in [2.24, 2.45) is 5.92 Å². The van der Waals surface area contributed by atoms with E-state index in [1.165, 1.54) is 28.5 Å². The normalized spacial score (nSPS) is 19.5. The van der Waals surface area contributed by atoms with E-state index in [4.69, 9.17) is 4.42 Å². The van der Waals surface area contributed by atoms with Gasteiger partial charge in [0.1, 0.15) is 0 Å². The summed E-state index contributed by atoms with van der Waals surface area (Å²) in [5, 5.41) is 8.92. The maximum Gasteiger partial charge on any atom is 0.277 e. The van der Waals surface area contributed by atoms with Crippen molar-refractivity contribution in [2.45, 2.75) is 30.2 Å². The van der Waals surface area contributed by atoms with Crippen molar-refractivity contribution >= 4 is 21.6 Å². The fraction of sp³-hybridized carbons (Fsp3) is 0.333. The highest BCUT2D eigenvalue weighted by molar-refractivity contribution is 7.99. The summed E-state index contributed by atoms with van der Waals surface area (Å²) in [6, 6.07) is 18.6. The number of hydrogen-bond donors (Lipinski definition) is 0. The minimum Gasteiger partial charge on any atom is -0.416 e. The van der Waals surface area contributed by atoms with Gasteiger partial charge in [-0.05, 0) is 36.0 Å². The van der Waals surface area contributed by atoms with Gasteiger partial charge in [-0.15, -0.1) is 10.2 Å². The molecule has 3 aromatic rings. The maximum atomic E-state index is 11.7. The maximum absolute atomic E-state index is 11.7. The number of aryl methyl sites for hydroxylation is 1. The molecule has 1 aromatic heterocycles. The van der Waals surface area contributed by atoms with Crippen LogP contribution in [-0.2, 0) is 16.3 Å². The number of nitrogens with zero attached hydrogens (tertiary/aromatic N) is 2. The SMILES string of the molecule is Cc1ccccc1C(Sc1nnc(CC2CCS(=O)(=O)C2)o1)c1ccccc1. The highest BCUT2D eigenvalue weighted by atomic mass is 32.2. The molecule has 146 valence electrons. The predicted octanol–water partition coefficient (Wildman–Crippen LogP) is 4.24. The zero-order valence-electron chi connectivity index (χ0n) is 15.6. The van der Waals surface area contributed by atoms with Crippen molar-refractivity contribution < 1.29 is 12.8 Å². The molecular weight excluding hydrogens is 392 g/mol. The van der Waals surface area contributed by atoms with Gasteiger partial charge in [0, 0.05) is 6.42 Å². The van der Waals surface area contributed by atoms with Crippen molar-refractivity contribution in [1.82, 2.24) is 10.2 Å². The van der Waals surface area contributed by atoms with Gasteiger partial charge in [0.15, 0.2) is 9.84 Å². The quantitative estimate of drug-likeness (QED) is 0.562. The topological polar surface area (TPSA) is 73.1 Å². The minimum absolute atomic E-state index is 0.0440. The Bertz CT molecular complexity index is 1050. The third-order valence-corrected chi connectivity index (χ3v) is 8.00. The minimum atomic E-state index is -2.90. The second kappa shape index (κ2) is 8.09. The average molecular weight is 415 g/mol. The first-order valence-corrected chi connectivity index (χ1v) is 12.0. The zero-order chi connectivity index (χ0) is 19.6. The molecule has 0 N–H and O–H groups in total. The molecule has 0 radical (unpaired) electrons. The Labute approximate surface area is 169 Å². The van der Waals surface area contributed by atoms with Crippen LogP contribution < -0.4 is 0 Å². The van der Waals surface area contributed by atoms with Crippen LogP contribution in [0.4, 0.5) is 0 Å². The molecule has 5 nitrogen and oxygen atoms in total. The van der Waals surface area contributed by atoms with Gasteiger partial charge in [-0.1, -0.05) is 66.4 Å². The number of thioether (sulfide) groups is 1. The molecule has 0 aliphatic carbocycles. The fourth-order valence-corrected chi connectivity index (χ4v) is 6.55. The van der Waals surface area contributed by atoms with Crippen LogP contribution in [0.2, 0.25) is 0 Å². The third-order valence-electron chi connectivity index (χ3n) is 5.03. The van der Waals surface area contributed by atoms with Gasteiger partial charge in [-0.25, -0.2) is 8.42 Å². The van der Waals surface area contributed by atoms with Crippen molar-refractivity contribution in [1.29, 1.82) is 0 Å². The molecule has 28 heavy (non-hydrogen) atoms.